The van der Waals surface area contributed by atoms with Crippen LogP contribution in [0.2, 0.25) is 0 Å². The molecule has 0 saturated carbocycles. The number of anilines is 1. The van der Waals surface area contributed by atoms with Gasteiger partial charge in [-0.15, -0.1) is 0 Å². The second kappa shape index (κ2) is 6.00. The second-order valence-corrected chi connectivity index (χ2v) is 4.64. The van der Waals surface area contributed by atoms with Gasteiger partial charge in [0, 0.05) is 29.2 Å². The van der Waals surface area contributed by atoms with Crippen LogP contribution in [-0.2, 0) is 4.79 Å². The maximum Gasteiger partial charge on any atom is 0.216 e. The van der Waals surface area contributed by atoms with Crippen LogP contribution in [0.3, 0.4) is 0 Å². The van der Waals surface area contributed by atoms with Gasteiger partial charge in [-0.05, 0) is 18.2 Å². The molecule has 6 heteroatoms. The summed E-state index contributed by atoms with van der Waals surface area (Å²) in [5, 5.41) is 22.0. The Morgan fingerprint density at radius 3 is 2.76 bits per heavy atom. The Morgan fingerprint density at radius 2 is 2.18 bits per heavy atom. The SMILES string of the molecule is CC(=O)NCC(O)C(O)c1cc(Br)ccc1N. The van der Waals surface area contributed by atoms with Crippen LogP contribution in [0.15, 0.2) is 22.7 Å². The first kappa shape index (κ1) is 14.0. The van der Waals surface area contributed by atoms with E-state index in [2.05, 4.69) is 21.2 Å². The van der Waals surface area contributed by atoms with Crippen molar-refractivity contribution in [3.63, 3.8) is 0 Å². The molecule has 0 aromatic heterocycles. The van der Waals surface area contributed by atoms with Gasteiger partial charge in [0.15, 0.2) is 0 Å². The van der Waals surface area contributed by atoms with Gasteiger partial charge in [0.25, 0.3) is 0 Å². The molecule has 2 atom stereocenters. The number of hydrogen-bond donors (Lipinski definition) is 4. The summed E-state index contributed by atoms with van der Waals surface area (Å²) in [6.07, 6.45) is -2.24. The van der Waals surface area contributed by atoms with E-state index in [0.29, 0.717) is 11.3 Å². The molecule has 5 nitrogen and oxygen atoms in total. The molecule has 17 heavy (non-hydrogen) atoms. The van der Waals surface area contributed by atoms with Gasteiger partial charge in [-0.2, -0.15) is 0 Å². The maximum atomic E-state index is 10.7. The molecule has 1 aromatic rings. The highest BCUT2D eigenvalue weighted by atomic mass is 79.9. The third-order valence-corrected chi connectivity index (χ3v) is 2.79. The summed E-state index contributed by atoms with van der Waals surface area (Å²) in [6.45, 7) is 1.31. The molecular formula is C11H15BrN2O3. The summed E-state index contributed by atoms with van der Waals surface area (Å²) in [7, 11) is 0. The number of aliphatic hydroxyl groups is 2. The average Bonchev–Trinajstić information content (AvgIpc) is 2.28. The predicted molar refractivity (Wildman–Crippen MR) is 68.2 cm³/mol. The topological polar surface area (TPSA) is 95.6 Å². The van der Waals surface area contributed by atoms with Gasteiger partial charge in [-0.3, -0.25) is 4.79 Å². The van der Waals surface area contributed by atoms with Gasteiger partial charge in [-0.1, -0.05) is 15.9 Å². The Kier molecular flexibility index (Phi) is 4.92. The average molecular weight is 303 g/mol. The van der Waals surface area contributed by atoms with Crippen LogP contribution in [-0.4, -0.2) is 28.8 Å². The van der Waals surface area contributed by atoms with Gasteiger partial charge >= 0.3 is 0 Å². The largest absolute Gasteiger partial charge is 0.398 e. The van der Waals surface area contributed by atoms with E-state index in [4.69, 9.17) is 5.73 Å². The lowest BCUT2D eigenvalue weighted by atomic mass is 10.0. The number of benzene rings is 1. The fourth-order valence-electron chi connectivity index (χ4n) is 1.37. The van der Waals surface area contributed by atoms with Crippen molar-refractivity contribution in [1.29, 1.82) is 0 Å². The van der Waals surface area contributed by atoms with Crippen LogP contribution in [0, 0.1) is 0 Å². The molecule has 1 amide bonds. The fraction of sp³-hybridized carbons (Fsp3) is 0.364. The van der Waals surface area contributed by atoms with E-state index < -0.39 is 12.2 Å². The first-order valence-corrected chi connectivity index (χ1v) is 5.86. The number of carbonyl (C=O) groups is 1. The molecule has 2 unspecified atom stereocenters. The number of hydrogen-bond acceptors (Lipinski definition) is 4. The molecule has 0 spiro atoms. The molecule has 0 fully saturated rings. The fourth-order valence-corrected chi connectivity index (χ4v) is 1.75. The second-order valence-electron chi connectivity index (χ2n) is 3.72. The van der Waals surface area contributed by atoms with E-state index >= 15 is 0 Å². The minimum Gasteiger partial charge on any atom is -0.398 e. The van der Waals surface area contributed by atoms with E-state index in [1.807, 2.05) is 0 Å². The predicted octanol–water partition coefficient (Wildman–Crippen LogP) is 0.562. The van der Waals surface area contributed by atoms with Crippen molar-refractivity contribution in [1.82, 2.24) is 5.32 Å². The van der Waals surface area contributed by atoms with Gasteiger partial charge in [0.2, 0.25) is 5.91 Å². The minimum absolute atomic E-state index is 0.0253. The van der Waals surface area contributed by atoms with Gasteiger partial charge in [0.1, 0.15) is 12.2 Å². The lowest BCUT2D eigenvalue weighted by molar-refractivity contribution is -0.119. The molecule has 0 aliphatic carbocycles. The van der Waals surface area contributed by atoms with Crippen LogP contribution in [0.1, 0.15) is 18.6 Å². The smallest absolute Gasteiger partial charge is 0.216 e. The van der Waals surface area contributed by atoms with Crippen molar-refractivity contribution in [2.75, 3.05) is 12.3 Å². The van der Waals surface area contributed by atoms with Gasteiger partial charge < -0.3 is 21.3 Å². The molecule has 1 rings (SSSR count). The summed E-state index contributed by atoms with van der Waals surface area (Å²) in [6, 6.07) is 5.01. The number of nitrogens with two attached hydrogens (primary N) is 1. The highest BCUT2D eigenvalue weighted by Gasteiger charge is 2.20. The zero-order valence-electron chi connectivity index (χ0n) is 9.35. The van der Waals surface area contributed by atoms with E-state index in [-0.39, 0.29) is 12.5 Å². The molecule has 0 bridgehead atoms. The molecule has 1 aromatic carbocycles. The van der Waals surface area contributed by atoms with Crippen molar-refractivity contribution in [2.45, 2.75) is 19.1 Å². The molecule has 0 heterocycles. The normalized spacial score (nSPS) is 14.1. The maximum absolute atomic E-state index is 10.7. The molecule has 0 aliphatic heterocycles. The van der Waals surface area contributed by atoms with Gasteiger partial charge in [0.05, 0.1) is 0 Å². The van der Waals surface area contributed by atoms with Crippen molar-refractivity contribution < 1.29 is 15.0 Å². The van der Waals surface area contributed by atoms with Gasteiger partial charge in [-0.25, -0.2) is 0 Å². The minimum atomic E-state index is -1.14. The highest BCUT2D eigenvalue weighted by Crippen LogP contribution is 2.26. The van der Waals surface area contributed by atoms with Crippen molar-refractivity contribution in [3.05, 3.63) is 28.2 Å². The quantitative estimate of drug-likeness (QED) is 0.611. The standard InChI is InChI=1S/C11H15BrN2O3/c1-6(15)14-5-10(16)11(17)8-4-7(12)2-3-9(8)13/h2-4,10-11,16-17H,5,13H2,1H3,(H,14,15). The van der Waals surface area contributed by atoms with Crippen molar-refractivity contribution >= 4 is 27.5 Å². The Labute approximate surface area is 108 Å². The van der Waals surface area contributed by atoms with Crippen LogP contribution < -0.4 is 11.1 Å². The number of aliphatic hydroxyl groups excluding tert-OH is 2. The number of halogens is 1. The first-order valence-electron chi connectivity index (χ1n) is 5.07. The van der Waals surface area contributed by atoms with E-state index in [1.165, 1.54) is 6.92 Å². The molecule has 0 aliphatic rings. The Bertz CT molecular complexity index is 412. The Morgan fingerprint density at radius 1 is 1.53 bits per heavy atom. The number of nitrogen functional groups attached to an aromatic ring is 1. The number of rotatable bonds is 4. The van der Waals surface area contributed by atoms with Crippen molar-refractivity contribution in [2.24, 2.45) is 0 Å². The molecule has 0 radical (unpaired) electrons. The van der Waals surface area contributed by atoms with Crippen LogP contribution >= 0.6 is 15.9 Å². The Balaban J connectivity index is 2.77. The van der Waals surface area contributed by atoms with E-state index in [9.17, 15) is 15.0 Å². The molecule has 5 N–H and O–H groups in total. The monoisotopic (exact) mass is 302 g/mol. The third kappa shape index (κ3) is 3.99. The summed E-state index contributed by atoms with van der Waals surface area (Å²) >= 11 is 3.26. The van der Waals surface area contributed by atoms with Crippen LogP contribution in [0.4, 0.5) is 5.69 Å². The Hall–Kier alpha value is -1.11. The highest BCUT2D eigenvalue weighted by molar-refractivity contribution is 9.10. The van der Waals surface area contributed by atoms with E-state index in [1.54, 1.807) is 18.2 Å². The lowest BCUT2D eigenvalue weighted by Crippen LogP contribution is -2.34. The first-order chi connectivity index (χ1) is 7.91. The summed E-state index contributed by atoms with van der Waals surface area (Å²) in [5.74, 6) is -0.265. The van der Waals surface area contributed by atoms with Crippen LogP contribution in [0.25, 0.3) is 0 Å². The molecule has 0 saturated heterocycles. The summed E-state index contributed by atoms with van der Waals surface area (Å²) in [5.41, 5.74) is 6.52. The zero-order chi connectivity index (χ0) is 13.0. The summed E-state index contributed by atoms with van der Waals surface area (Å²) < 4.78 is 0.757. The molecule has 94 valence electrons. The molecular weight excluding hydrogens is 288 g/mol. The van der Waals surface area contributed by atoms with Crippen LogP contribution in [0.5, 0.6) is 0 Å². The third-order valence-electron chi connectivity index (χ3n) is 2.29. The van der Waals surface area contributed by atoms with E-state index in [0.717, 1.165) is 4.47 Å². The number of amides is 1. The number of carbonyl (C=O) groups excluding carboxylic acids is 1. The lowest BCUT2D eigenvalue weighted by Gasteiger charge is -2.20. The number of nitrogens with one attached hydrogen (secondary N) is 1. The zero-order valence-corrected chi connectivity index (χ0v) is 10.9. The van der Waals surface area contributed by atoms with Crippen molar-refractivity contribution in [3.8, 4) is 0 Å². The summed E-state index contributed by atoms with van der Waals surface area (Å²) in [4.78, 5) is 10.7.